The van der Waals surface area contributed by atoms with E-state index < -0.39 is 83.4 Å². The fourth-order valence-corrected chi connectivity index (χ4v) is 32.1. The maximum atomic E-state index is 4.93. The van der Waals surface area contributed by atoms with Crippen LogP contribution < -0.4 is 0 Å². The number of allylic oxidation sites excluding steroid dienone is 36. The van der Waals surface area contributed by atoms with Crippen molar-refractivity contribution >= 4 is 68.1 Å². The molecule has 0 heterocycles. The number of fused-ring (bicyclic) bond motifs is 12. The van der Waals surface area contributed by atoms with Crippen molar-refractivity contribution in [2.75, 3.05) is 0 Å². The van der Waals surface area contributed by atoms with E-state index in [1.807, 2.05) is 0 Å². The summed E-state index contributed by atoms with van der Waals surface area (Å²) >= 11 is -3.30. The van der Waals surface area contributed by atoms with Crippen LogP contribution in [0.25, 0.3) is 0 Å². The second-order valence-corrected chi connectivity index (χ2v) is 64.8. The van der Waals surface area contributed by atoms with Gasteiger partial charge < -0.3 is 59.4 Å². The molecule has 18 rings (SSSR count). The average Bonchev–Trinajstić information content (AvgIpc) is 1.56. The van der Waals surface area contributed by atoms with Crippen LogP contribution >= 0.6 is 68.1 Å². The first-order valence-electron chi connectivity index (χ1n) is 53.3. The SMILES string of the molecule is C=CCCC1CCC(C2(C3C4C=C(C(C)(C)C)C=CC4C4C=CC(C(C)(C)C)=CC43)CCCC2)C1.C=CCCC1CCC(C2(C3C4C=CC=CC4C4C=CC=CC43)CCCC2)C1.C=CCCCC1CCC(C(C)(C)C2C3C=C(C(C)(C)C)C=CC3C3C=CC(C(C)(C)C)=CC32)C1.C=CCCCC1CCC(C(C)(C)C2C3C=CC=CC3C3C=CC=CC32)C1.[CH3-].[CH3-].[CH3-].[CH3-].[CH3-].[CH3-].[CH3-].[CH3-].[Cl][Zr+2][Cl].[Cl][Zr+2][Cl].[Cl][Zr+2][Cl].[Cl][Zr+2][Cl]. The molecule has 0 amide bonds. The van der Waals surface area contributed by atoms with E-state index in [1.54, 1.807) is 22.3 Å². The molecule has 142 heavy (non-hydrogen) atoms. The van der Waals surface area contributed by atoms with E-state index in [2.05, 4.69) is 332 Å². The van der Waals surface area contributed by atoms with Crippen LogP contribution in [-0.2, 0) is 83.4 Å². The molecule has 24 atom stereocenters. The van der Waals surface area contributed by atoms with E-state index in [-0.39, 0.29) is 81.1 Å². The number of hydrogen-bond acceptors (Lipinski definition) is 0. The molecule has 0 aromatic rings. The summed E-state index contributed by atoms with van der Waals surface area (Å²) in [4.78, 5) is 0. The number of hydrogen-bond donors (Lipinski definition) is 0. The molecule has 0 aromatic carbocycles. The van der Waals surface area contributed by atoms with Gasteiger partial charge in [0, 0.05) is 0 Å². The summed E-state index contributed by atoms with van der Waals surface area (Å²) in [5, 5.41) is 0. The Morgan fingerprint density at radius 1 is 0.275 bits per heavy atom. The molecule has 0 bridgehead atoms. The van der Waals surface area contributed by atoms with E-state index >= 15 is 0 Å². The Balaban J connectivity index is 0.000000462. The van der Waals surface area contributed by atoms with Crippen LogP contribution in [-0.4, -0.2) is 0 Å². The van der Waals surface area contributed by atoms with E-state index in [0.717, 1.165) is 101 Å². The molecule has 0 radical (unpaired) electrons. The molecule has 0 N–H and O–H groups in total. The molecule has 10 saturated carbocycles. The van der Waals surface area contributed by atoms with Crippen LogP contribution in [0.5, 0.6) is 0 Å². The van der Waals surface area contributed by atoms with E-state index in [0.29, 0.717) is 86.8 Å². The maximum absolute atomic E-state index is 4.93. The third-order valence-corrected chi connectivity index (χ3v) is 38.3. The van der Waals surface area contributed by atoms with Gasteiger partial charge in [-0.25, -0.2) is 0 Å². The van der Waals surface area contributed by atoms with Crippen molar-refractivity contribution in [1.29, 1.82) is 0 Å². The zero-order chi connectivity index (χ0) is 97.1. The first kappa shape index (κ1) is 137. The topological polar surface area (TPSA) is 0 Å². The molecule has 0 spiro atoms. The zero-order valence-corrected chi connectivity index (χ0v) is 110. The normalized spacial score (nSPS) is 34.0. The molecule has 0 saturated heterocycles. The molecule has 0 aromatic heterocycles. The van der Waals surface area contributed by atoms with Crippen molar-refractivity contribution in [1.82, 2.24) is 0 Å². The molecule has 18 aliphatic carbocycles. The van der Waals surface area contributed by atoms with Gasteiger partial charge in [0.05, 0.1) is 0 Å². The summed E-state index contributed by atoms with van der Waals surface area (Å²) in [6.45, 7) is 55.0. The summed E-state index contributed by atoms with van der Waals surface area (Å²) in [7, 11) is 39.5. The van der Waals surface area contributed by atoms with Gasteiger partial charge in [-0.1, -0.05) is 369 Å². The predicted molar refractivity (Wildman–Crippen MR) is 627 cm³/mol. The third kappa shape index (κ3) is 32.9. The number of rotatable bonds is 22. The van der Waals surface area contributed by atoms with Gasteiger partial charge in [-0.05, 0) is 360 Å². The molecule has 18 aliphatic rings. The minimum absolute atomic E-state index is 0. The van der Waals surface area contributed by atoms with Gasteiger partial charge in [0.1, 0.15) is 0 Å². The standard InChI is InChI=1S/C35H52.C34H52.C27H36.C26H36.8CH3.8ClH.4Zr/c1-8-9-12-24-13-14-27(21-24)35(19-10-11-20-35)32-30-22-25(33(2,3)4)15-17-28(30)29-18-16-26(23-31(29)32)34(5,6)7;1-10-11-12-13-23-14-15-26(20-23)34(8,9)31-29-21-24(32(2,3)4)16-18-27(29)28-19-17-25(22-30(28)31)33(5,6)7;1-2-3-10-20-15-16-21(19-20)27(17-8-9-18-27)26-24-13-6-4-11-22(24)23-12-5-7-14-25(23)26;1-4-5-6-11-19-16-17-20(18-19)26(2,3)25-23-14-9-7-12-21(23)22-13-8-10-15-24(22)25;;;;;;;;;;;;;;;;;;;;/h8,15-18,22-24,27-32H,1,9-14,19-21H2,2-7H3;10,16-19,21-23,26-31H,1,11-15,20H2,2-9H3;2,4-7,11-14,20-26H,1,3,8-10,15-19H2;4,7-10,12-15,19-25H,1,5-6,11,16-18H2,2-3H3;8*1H3;8*1H;;;;/q;;;;8*-1;;;;;;;;;4*+4/p-8. The van der Waals surface area contributed by atoms with Crippen molar-refractivity contribution in [3.8, 4) is 0 Å². The van der Waals surface area contributed by atoms with E-state index in [4.69, 9.17) is 68.1 Å². The molecule has 12 heteroatoms. The van der Waals surface area contributed by atoms with E-state index in [1.165, 1.54) is 193 Å². The first-order chi connectivity index (χ1) is 64.0. The van der Waals surface area contributed by atoms with Crippen molar-refractivity contribution in [3.05, 3.63) is 302 Å². The quantitative estimate of drug-likeness (QED) is 0.0576. The molecular formula is C130H200Cl8Zr4. The second kappa shape index (κ2) is 63.2. The van der Waals surface area contributed by atoms with Gasteiger partial charge in [-0.3, -0.25) is 0 Å². The van der Waals surface area contributed by atoms with Gasteiger partial charge in [0.2, 0.25) is 0 Å². The van der Waals surface area contributed by atoms with Crippen LogP contribution in [0.2, 0.25) is 0 Å². The van der Waals surface area contributed by atoms with Gasteiger partial charge in [-0.15, -0.1) is 26.3 Å². The van der Waals surface area contributed by atoms with Crippen LogP contribution in [0.1, 0.15) is 303 Å². The van der Waals surface area contributed by atoms with Crippen molar-refractivity contribution in [2.24, 2.45) is 209 Å². The molecule has 10 fully saturated rings. The molecule has 24 unspecified atom stereocenters. The third-order valence-electron chi connectivity index (χ3n) is 38.3. The molecule has 0 aliphatic heterocycles. The summed E-state index contributed by atoms with van der Waals surface area (Å²) in [5.41, 5.74) is 9.07. The number of unbranched alkanes of at least 4 members (excludes halogenated alkanes) is 2. The molecule has 792 valence electrons. The summed E-state index contributed by atoms with van der Waals surface area (Å²) in [6.07, 6.45) is 121. The fraction of sp³-hybridized carbons (Fsp3) is 0.631. The Morgan fingerprint density at radius 2 is 0.500 bits per heavy atom. The van der Waals surface area contributed by atoms with Crippen molar-refractivity contribution in [3.63, 3.8) is 0 Å². The van der Waals surface area contributed by atoms with Gasteiger partial charge in [0.25, 0.3) is 0 Å². The van der Waals surface area contributed by atoms with Crippen LogP contribution in [0.3, 0.4) is 0 Å². The summed E-state index contributed by atoms with van der Waals surface area (Å²) < 4.78 is 0. The van der Waals surface area contributed by atoms with Crippen LogP contribution in [0.4, 0.5) is 0 Å². The van der Waals surface area contributed by atoms with Crippen molar-refractivity contribution < 1.29 is 83.4 Å². The molecule has 0 nitrogen and oxygen atoms in total. The fourth-order valence-electron chi connectivity index (χ4n) is 32.1. The Hall–Kier alpha value is 0.652. The zero-order valence-electron chi connectivity index (χ0n) is 93.7. The predicted octanol–water partition coefficient (Wildman–Crippen LogP) is 43.6. The Morgan fingerprint density at radius 3 is 0.782 bits per heavy atom. The Kier molecular flexibility index (Phi) is 60.8. The monoisotopic (exact) mass is 2400 g/mol. The number of halogens is 8. The molecular weight excluding hydrogens is 2210 g/mol. The Labute approximate surface area is 955 Å². The average molecular weight is 2410 g/mol. The van der Waals surface area contributed by atoms with Crippen LogP contribution in [0, 0.1) is 268 Å². The van der Waals surface area contributed by atoms with Crippen molar-refractivity contribution in [2.45, 2.75) is 303 Å². The van der Waals surface area contributed by atoms with Gasteiger partial charge in [0.15, 0.2) is 0 Å². The summed E-state index contributed by atoms with van der Waals surface area (Å²) in [5.74, 6) is 21.8. The first-order valence-corrected chi connectivity index (χ1v) is 78.6. The van der Waals surface area contributed by atoms with E-state index in [9.17, 15) is 0 Å². The van der Waals surface area contributed by atoms with Crippen LogP contribution in [0.15, 0.2) is 243 Å². The van der Waals surface area contributed by atoms with Gasteiger partial charge in [-0.2, -0.15) is 0 Å². The summed E-state index contributed by atoms with van der Waals surface area (Å²) in [6, 6.07) is 0. The Bertz CT molecular complexity index is 4110. The van der Waals surface area contributed by atoms with Gasteiger partial charge >= 0.3 is 151 Å². The second-order valence-electron chi connectivity index (χ2n) is 49.8. The minimum atomic E-state index is -0.826.